The average Bonchev–Trinajstić information content (AvgIpc) is 2.39. The maximum Gasteiger partial charge on any atom is 0.0588 e. The monoisotopic (exact) mass is 409 g/mol. The Balaban J connectivity index is 2.55. The Kier molecular flexibility index (Phi) is 5.64. The van der Waals surface area contributed by atoms with E-state index in [9.17, 15) is 0 Å². The maximum atomic E-state index is 3.73. The summed E-state index contributed by atoms with van der Waals surface area (Å²) in [6.07, 6.45) is 0. The molecule has 0 heterocycles. The van der Waals surface area contributed by atoms with E-state index in [0.717, 1.165) is 15.5 Å². The molecule has 0 spiro atoms. The minimum atomic E-state index is 0.194. The topological polar surface area (TPSA) is 12.0 Å². The Labute approximate surface area is 144 Å². The summed E-state index contributed by atoms with van der Waals surface area (Å²) < 4.78 is 2.29. The predicted octanol–water partition coefficient (Wildman–Crippen LogP) is 5.84. The minimum absolute atomic E-state index is 0.194. The first-order chi connectivity index (χ1) is 9.92. The van der Waals surface area contributed by atoms with Crippen molar-refractivity contribution in [3.63, 3.8) is 0 Å². The SMILES string of the molecule is CCNC(c1cc(C)cc(C)c1)c1cc(Br)c(C)cc1Br. The van der Waals surface area contributed by atoms with Crippen LogP contribution in [0.4, 0.5) is 0 Å². The molecule has 0 aromatic heterocycles. The number of rotatable bonds is 4. The molecule has 1 nitrogen and oxygen atoms in total. The van der Waals surface area contributed by atoms with Crippen LogP contribution < -0.4 is 5.32 Å². The van der Waals surface area contributed by atoms with Crippen LogP contribution in [-0.4, -0.2) is 6.54 Å². The van der Waals surface area contributed by atoms with E-state index < -0.39 is 0 Å². The van der Waals surface area contributed by atoms with Crippen LogP contribution in [-0.2, 0) is 0 Å². The van der Waals surface area contributed by atoms with E-state index in [1.807, 2.05) is 0 Å². The van der Waals surface area contributed by atoms with Crippen molar-refractivity contribution in [2.45, 2.75) is 33.7 Å². The Morgan fingerprint density at radius 1 is 0.905 bits per heavy atom. The fourth-order valence-corrected chi connectivity index (χ4v) is 3.72. The summed E-state index contributed by atoms with van der Waals surface area (Å²) >= 11 is 7.38. The van der Waals surface area contributed by atoms with Gasteiger partial charge in [0.15, 0.2) is 0 Å². The molecule has 2 aromatic carbocycles. The van der Waals surface area contributed by atoms with Gasteiger partial charge in [-0.25, -0.2) is 0 Å². The quantitative estimate of drug-likeness (QED) is 0.667. The molecule has 0 bridgehead atoms. The van der Waals surface area contributed by atoms with E-state index >= 15 is 0 Å². The molecule has 21 heavy (non-hydrogen) atoms. The molecule has 0 aliphatic rings. The van der Waals surface area contributed by atoms with Gasteiger partial charge in [0.2, 0.25) is 0 Å². The number of benzene rings is 2. The lowest BCUT2D eigenvalue weighted by molar-refractivity contribution is 0.627. The molecular weight excluding hydrogens is 390 g/mol. The molecule has 1 atom stereocenters. The van der Waals surface area contributed by atoms with Crippen molar-refractivity contribution in [1.29, 1.82) is 0 Å². The number of aryl methyl sites for hydroxylation is 3. The second kappa shape index (κ2) is 7.08. The van der Waals surface area contributed by atoms with Crippen LogP contribution >= 0.6 is 31.9 Å². The molecule has 1 N–H and O–H groups in total. The number of nitrogens with one attached hydrogen (secondary N) is 1. The molecule has 0 radical (unpaired) electrons. The summed E-state index contributed by atoms with van der Waals surface area (Å²) in [5.74, 6) is 0. The number of halogens is 2. The Hall–Kier alpha value is -0.640. The zero-order valence-electron chi connectivity index (χ0n) is 12.9. The standard InChI is InChI=1S/C18H21Br2N/c1-5-21-18(14-7-11(2)6-12(3)8-14)15-10-16(19)13(4)9-17(15)20/h6-10,18,21H,5H2,1-4H3. The van der Waals surface area contributed by atoms with Crippen LogP contribution in [0.2, 0.25) is 0 Å². The molecule has 0 aliphatic heterocycles. The summed E-state index contributed by atoms with van der Waals surface area (Å²) in [6, 6.07) is 11.3. The van der Waals surface area contributed by atoms with E-state index in [-0.39, 0.29) is 6.04 Å². The molecular formula is C18H21Br2N. The number of hydrogen-bond acceptors (Lipinski definition) is 1. The second-order valence-electron chi connectivity index (χ2n) is 5.53. The summed E-state index contributed by atoms with van der Waals surface area (Å²) in [5.41, 5.74) is 6.41. The molecule has 0 saturated carbocycles. The van der Waals surface area contributed by atoms with Crippen molar-refractivity contribution in [3.05, 3.63) is 67.1 Å². The first-order valence-corrected chi connectivity index (χ1v) is 8.78. The molecule has 1 unspecified atom stereocenters. The lowest BCUT2D eigenvalue weighted by Crippen LogP contribution is -2.22. The highest BCUT2D eigenvalue weighted by Crippen LogP contribution is 2.33. The molecule has 2 aromatic rings. The molecule has 0 aliphatic carbocycles. The van der Waals surface area contributed by atoms with Gasteiger partial charge >= 0.3 is 0 Å². The largest absolute Gasteiger partial charge is 0.306 e. The Morgan fingerprint density at radius 2 is 1.52 bits per heavy atom. The van der Waals surface area contributed by atoms with Gasteiger partial charge in [0, 0.05) is 8.95 Å². The van der Waals surface area contributed by atoms with Crippen LogP contribution in [0.5, 0.6) is 0 Å². The van der Waals surface area contributed by atoms with E-state index in [1.54, 1.807) is 0 Å². The van der Waals surface area contributed by atoms with E-state index in [1.165, 1.54) is 27.8 Å². The summed E-state index contributed by atoms with van der Waals surface area (Å²) in [7, 11) is 0. The highest BCUT2D eigenvalue weighted by Gasteiger charge is 2.17. The van der Waals surface area contributed by atoms with Crippen LogP contribution in [0.25, 0.3) is 0 Å². The highest BCUT2D eigenvalue weighted by molar-refractivity contribution is 9.11. The Morgan fingerprint density at radius 3 is 2.10 bits per heavy atom. The molecule has 0 fully saturated rings. The van der Waals surface area contributed by atoms with Gasteiger partial charge < -0.3 is 5.32 Å². The molecule has 112 valence electrons. The first kappa shape index (κ1) is 16.7. The summed E-state index contributed by atoms with van der Waals surface area (Å²) in [6.45, 7) is 9.49. The molecule has 2 rings (SSSR count). The summed E-state index contributed by atoms with van der Waals surface area (Å²) in [5, 5.41) is 3.61. The van der Waals surface area contributed by atoms with Gasteiger partial charge in [-0.2, -0.15) is 0 Å². The molecule has 3 heteroatoms. The van der Waals surface area contributed by atoms with Crippen molar-refractivity contribution in [3.8, 4) is 0 Å². The van der Waals surface area contributed by atoms with Crippen molar-refractivity contribution in [1.82, 2.24) is 5.32 Å². The van der Waals surface area contributed by atoms with Crippen molar-refractivity contribution in [2.24, 2.45) is 0 Å². The van der Waals surface area contributed by atoms with E-state index in [4.69, 9.17) is 0 Å². The second-order valence-corrected chi connectivity index (χ2v) is 7.24. The molecule has 0 saturated heterocycles. The predicted molar refractivity (Wildman–Crippen MR) is 98.0 cm³/mol. The smallest absolute Gasteiger partial charge is 0.0588 e. The van der Waals surface area contributed by atoms with Crippen LogP contribution in [0.1, 0.15) is 40.8 Å². The maximum absolute atomic E-state index is 3.73. The van der Waals surface area contributed by atoms with Gasteiger partial charge in [0.1, 0.15) is 0 Å². The normalized spacial score (nSPS) is 12.5. The first-order valence-electron chi connectivity index (χ1n) is 7.19. The Bertz CT molecular complexity index is 630. The third-order valence-corrected chi connectivity index (χ3v) is 5.12. The van der Waals surface area contributed by atoms with Gasteiger partial charge in [-0.1, -0.05) is 68.1 Å². The molecule has 0 amide bonds. The van der Waals surface area contributed by atoms with Crippen LogP contribution in [0, 0.1) is 20.8 Å². The average molecular weight is 411 g/mol. The van der Waals surface area contributed by atoms with Crippen LogP contribution in [0.15, 0.2) is 39.3 Å². The van der Waals surface area contributed by atoms with Crippen molar-refractivity contribution < 1.29 is 0 Å². The third-order valence-electron chi connectivity index (χ3n) is 3.57. The summed E-state index contributed by atoms with van der Waals surface area (Å²) in [4.78, 5) is 0. The highest BCUT2D eigenvalue weighted by atomic mass is 79.9. The lowest BCUT2D eigenvalue weighted by Gasteiger charge is -2.22. The fraction of sp³-hybridized carbons (Fsp3) is 0.333. The van der Waals surface area contributed by atoms with Crippen molar-refractivity contribution in [2.75, 3.05) is 6.54 Å². The van der Waals surface area contributed by atoms with E-state index in [2.05, 4.69) is 95.2 Å². The zero-order valence-corrected chi connectivity index (χ0v) is 16.1. The van der Waals surface area contributed by atoms with Gasteiger partial charge in [0.05, 0.1) is 6.04 Å². The van der Waals surface area contributed by atoms with Crippen LogP contribution in [0.3, 0.4) is 0 Å². The van der Waals surface area contributed by atoms with Gasteiger partial charge in [-0.3, -0.25) is 0 Å². The van der Waals surface area contributed by atoms with Gasteiger partial charge in [-0.05, 0) is 56.1 Å². The fourth-order valence-electron chi connectivity index (χ4n) is 2.67. The van der Waals surface area contributed by atoms with E-state index in [0.29, 0.717) is 0 Å². The minimum Gasteiger partial charge on any atom is -0.306 e. The zero-order chi connectivity index (χ0) is 15.6. The number of hydrogen-bond donors (Lipinski definition) is 1. The third kappa shape index (κ3) is 3.97. The van der Waals surface area contributed by atoms with Crippen molar-refractivity contribution >= 4 is 31.9 Å². The lowest BCUT2D eigenvalue weighted by atomic mass is 9.95. The van der Waals surface area contributed by atoms with Gasteiger partial charge in [0.25, 0.3) is 0 Å². The van der Waals surface area contributed by atoms with Gasteiger partial charge in [-0.15, -0.1) is 0 Å².